The smallest absolute Gasteiger partial charge is 0.309 e. The van der Waals surface area contributed by atoms with Gasteiger partial charge in [0.05, 0.1) is 12.0 Å². The highest BCUT2D eigenvalue weighted by Gasteiger charge is 2.29. The number of rotatable bonds is 7. The van der Waals surface area contributed by atoms with Gasteiger partial charge in [0, 0.05) is 64.4 Å². The van der Waals surface area contributed by atoms with Gasteiger partial charge in [0.25, 0.3) is 5.91 Å². The van der Waals surface area contributed by atoms with Crippen molar-refractivity contribution in [2.24, 2.45) is 0 Å². The summed E-state index contributed by atoms with van der Waals surface area (Å²) in [7, 11) is 0. The Balaban J connectivity index is 1.05. The number of anilines is 2. The number of carbonyl (C=O) groups is 1. The number of halogens is 2. The van der Waals surface area contributed by atoms with Gasteiger partial charge in [-0.05, 0) is 12.1 Å². The number of thiazole rings is 1. The third-order valence-electron chi connectivity index (χ3n) is 7.48. The van der Waals surface area contributed by atoms with Crippen molar-refractivity contribution >= 4 is 44.9 Å². The van der Waals surface area contributed by atoms with E-state index >= 15 is 0 Å². The lowest BCUT2D eigenvalue weighted by Gasteiger charge is -2.36. The first kappa shape index (κ1) is 26.3. The zero-order chi connectivity index (χ0) is 29.0. The number of aromatic nitrogens is 5. The lowest BCUT2D eigenvalue weighted by Crippen LogP contribution is -2.47. The molecule has 2 fully saturated rings. The van der Waals surface area contributed by atoms with E-state index < -0.39 is 17.7 Å². The van der Waals surface area contributed by atoms with Gasteiger partial charge in [0.1, 0.15) is 10.5 Å². The highest BCUT2D eigenvalue weighted by Crippen LogP contribution is 2.31. The fourth-order valence-corrected chi connectivity index (χ4v) is 6.21. The number of nitrogens with zero attached hydrogens (tertiary/aromatic N) is 7. The van der Waals surface area contributed by atoms with E-state index in [1.165, 1.54) is 16.8 Å². The molecule has 0 saturated carbocycles. The van der Waals surface area contributed by atoms with Crippen LogP contribution in [-0.4, -0.2) is 80.3 Å². The second-order valence-corrected chi connectivity index (χ2v) is 11.0. The predicted octanol–water partition coefficient (Wildman–Crippen LogP) is 1.71. The number of carbonyl (C=O) groups excluding carboxylic acids is 1. The van der Waals surface area contributed by atoms with Crippen molar-refractivity contribution in [3.8, 4) is 17.3 Å². The van der Waals surface area contributed by atoms with Gasteiger partial charge in [-0.2, -0.15) is 9.50 Å². The lowest BCUT2D eigenvalue weighted by molar-refractivity contribution is -0.125. The molecule has 42 heavy (non-hydrogen) atoms. The zero-order valence-corrected chi connectivity index (χ0v) is 22.9. The molecule has 0 bridgehead atoms. The number of nitrogens with one attached hydrogen (secondary N) is 1. The minimum absolute atomic E-state index is 0.0983. The number of fused-ring (bicyclic) bond motifs is 3. The molecule has 7 rings (SSSR count). The molecule has 0 spiro atoms. The van der Waals surface area contributed by atoms with Crippen LogP contribution in [0.25, 0.3) is 27.6 Å². The van der Waals surface area contributed by atoms with Crippen LogP contribution in [-0.2, 0) is 11.3 Å². The summed E-state index contributed by atoms with van der Waals surface area (Å²) in [4.78, 5) is 37.6. The SMILES string of the molecule is Nc1nc2c(sc(=O)n2CCN2CCN(c3cc(O[C@@H]4CCNC4=O)c(F)cc3F)CC2)c2nc(-c3ccco3)nn12. The molecule has 2 aliphatic heterocycles. The minimum atomic E-state index is -0.849. The van der Waals surface area contributed by atoms with Crippen molar-refractivity contribution in [3.05, 3.63) is 51.8 Å². The molecule has 13 nitrogen and oxygen atoms in total. The Morgan fingerprint density at radius 3 is 2.67 bits per heavy atom. The molecule has 5 aromatic rings. The van der Waals surface area contributed by atoms with E-state index in [2.05, 4.69) is 25.3 Å². The van der Waals surface area contributed by atoms with Crippen molar-refractivity contribution in [1.29, 1.82) is 0 Å². The molecule has 0 radical (unpaired) electrons. The number of hydrogen-bond donors (Lipinski definition) is 2. The molecule has 1 atom stereocenters. The molecule has 3 N–H and O–H groups in total. The summed E-state index contributed by atoms with van der Waals surface area (Å²) in [6, 6.07) is 5.58. The first-order chi connectivity index (χ1) is 20.4. The number of hydrogen-bond acceptors (Lipinski definition) is 11. The number of piperazine rings is 1. The summed E-state index contributed by atoms with van der Waals surface area (Å²) in [6.45, 7) is 3.51. The molecule has 6 heterocycles. The molecule has 1 amide bonds. The summed E-state index contributed by atoms with van der Waals surface area (Å²) < 4.78 is 43.7. The predicted molar refractivity (Wildman–Crippen MR) is 150 cm³/mol. The summed E-state index contributed by atoms with van der Waals surface area (Å²) >= 11 is 1.03. The van der Waals surface area contributed by atoms with Gasteiger partial charge in [-0.15, -0.1) is 5.10 Å². The van der Waals surface area contributed by atoms with Gasteiger partial charge in [-0.25, -0.2) is 13.8 Å². The van der Waals surface area contributed by atoms with Crippen LogP contribution in [0.1, 0.15) is 6.42 Å². The van der Waals surface area contributed by atoms with E-state index in [1.807, 2.05) is 4.90 Å². The van der Waals surface area contributed by atoms with Gasteiger partial charge in [-0.1, -0.05) is 11.3 Å². The Morgan fingerprint density at radius 1 is 1.10 bits per heavy atom. The number of furan rings is 1. The molecule has 218 valence electrons. The van der Waals surface area contributed by atoms with E-state index in [4.69, 9.17) is 14.9 Å². The van der Waals surface area contributed by atoms with Crippen LogP contribution in [0, 0.1) is 11.6 Å². The summed E-state index contributed by atoms with van der Waals surface area (Å²) in [5, 5.41) is 7.01. The number of ether oxygens (including phenoxy) is 1. The van der Waals surface area contributed by atoms with Crippen molar-refractivity contribution in [3.63, 3.8) is 0 Å². The monoisotopic (exact) mass is 597 g/mol. The molecule has 0 unspecified atom stereocenters. The number of nitrogens with two attached hydrogens (primary N) is 1. The second-order valence-electron chi connectivity index (χ2n) is 10.0. The fourth-order valence-electron chi connectivity index (χ4n) is 5.28. The number of amides is 1. The first-order valence-electron chi connectivity index (χ1n) is 13.4. The van der Waals surface area contributed by atoms with Crippen molar-refractivity contribution in [2.45, 2.75) is 19.1 Å². The van der Waals surface area contributed by atoms with E-state index in [-0.39, 0.29) is 28.2 Å². The largest absolute Gasteiger partial charge is 0.477 e. The van der Waals surface area contributed by atoms with E-state index in [0.29, 0.717) is 79.8 Å². The third-order valence-corrected chi connectivity index (χ3v) is 8.44. The maximum atomic E-state index is 14.8. The minimum Gasteiger partial charge on any atom is -0.477 e. The Morgan fingerprint density at radius 2 is 1.93 bits per heavy atom. The molecule has 2 aliphatic rings. The standard InChI is InChI=1S/C26H25F2N9O4S/c27-14-12-15(28)19(41-18-3-4-30-24(18)38)13-16(14)35-8-5-34(6-9-35)7-10-36-22-20(42-26(36)39)23-31-21(17-2-1-11-40-17)33-37(23)25(29)32-22/h1-2,11-13,18H,3-10H2,(H2,29,32)(H,30,38)/t18-/m1/s1. The van der Waals surface area contributed by atoms with Gasteiger partial charge in [0.15, 0.2) is 34.7 Å². The van der Waals surface area contributed by atoms with Gasteiger partial charge in [-0.3, -0.25) is 19.1 Å². The zero-order valence-electron chi connectivity index (χ0n) is 22.1. The summed E-state index contributed by atoms with van der Waals surface area (Å²) in [5.41, 5.74) is 7.25. The summed E-state index contributed by atoms with van der Waals surface area (Å²) in [6.07, 6.45) is 1.15. The van der Waals surface area contributed by atoms with Crippen molar-refractivity contribution in [1.82, 2.24) is 34.4 Å². The van der Waals surface area contributed by atoms with Crippen LogP contribution >= 0.6 is 11.3 Å². The Kier molecular flexibility index (Phi) is 6.50. The van der Waals surface area contributed by atoms with Crippen molar-refractivity contribution < 1.29 is 22.7 Å². The first-order valence-corrected chi connectivity index (χ1v) is 14.2. The quantitative estimate of drug-likeness (QED) is 0.284. The van der Waals surface area contributed by atoms with E-state index in [9.17, 15) is 18.4 Å². The van der Waals surface area contributed by atoms with Crippen LogP contribution in [0.3, 0.4) is 0 Å². The molecule has 2 saturated heterocycles. The van der Waals surface area contributed by atoms with E-state index in [1.54, 1.807) is 16.7 Å². The molecule has 4 aromatic heterocycles. The highest BCUT2D eigenvalue weighted by molar-refractivity contribution is 7.17. The topological polar surface area (TPSA) is 149 Å². The highest BCUT2D eigenvalue weighted by atomic mass is 32.1. The molecule has 0 aliphatic carbocycles. The van der Waals surface area contributed by atoms with Gasteiger partial charge < -0.3 is 25.1 Å². The Labute approximate surface area is 240 Å². The van der Waals surface area contributed by atoms with Crippen molar-refractivity contribution in [2.75, 3.05) is 49.9 Å². The molecular formula is C26H25F2N9O4S. The second kappa shape index (κ2) is 10.4. The average molecular weight is 598 g/mol. The number of nitrogen functional groups attached to an aromatic ring is 1. The fraction of sp³-hybridized carbons (Fsp3) is 0.346. The molecule has 16 heteroatoms. The van der Waals surface area contributed by atoms with Crippen LogP contribution < -0.4 is 25.6 Å². The normalized spacial score (nSPS) is 17.9. The maximum Gasteiger partial charge on any atom is 0.309 e. The maximum absolute atomic E-state index is 14.8. The third kappa shape index (κ3) is 4.61. The Bertz CT molecular complexity index is 1860. The van der Waals surface area contributed by atoms with Crippen LogP contribution in [0.4, 0.5) is 20.4 Å². The van der Waals surface area contributed by atoms with Crippen LogP contribution in [0.2, 0.25) is 0 Å². The van der Waals surface area contributed by atoms with E-state index in [0.717, 1.165) is 17.4 Å². The van der Waals surface area contributed by atoms with Gasteiger partial charge >= 0.3 is 4.87 Å². The summed E-state index contributed by atoms with van der Waals surface area (Å²) in [5.74, 6) is -1.09. The Hall–Kier alpha value is -4.57. The molecule has 1 aromatic carbocycles. The number of benzene rings is 1. The lowest BCUT2D eigenvalue weighted by atomic mass is 10.2. The average Bonchev–Trinajstić information content (AvgIpc) is 3.77. The van der Waals surface area contributed by atoms with Gasteiger partial charge in [0.2, 0.25) is 11.8 Å². The van der Waals surface area contributed by atoms with Crippen LogP contribution in [0.5, 0.6) is 5.75 Å². The van der Waals surface area contributed by atoms with Crippen LogP contribution in [0.15, 0.2) is 39.7 Å². The molecular weight excluding hydrogens is 572 g/mol.